The van der Waals surface area contributed by atoms with Crippen molar-refractivity contribution >= 4 is 0 Å². The molecule has 0 amide bonds. The molecule has 5 nitrogen and oxygen atoms in total. The summed E-state index contributed by atoms with van der Waals surface area (Å²) in [5.41, 5.74) is 0.548. The van der Waals surface area contributed by atoms with Gasteiger partial charge in [0.15, 0.2) is 11.6 Å². The molecule has 108 valence electrons. The van der Waals surface area contributed by atoms with E-state index in [0.717, 1.165) is 19.5 Å². The largest absolute Gasteiger partial charge is 0.433 e. The van der Waals surface area contributed by atoms with E-state index in [1.807, 2.05) is 6.92 Å². The Labute approximate surface area is 117 Å². The number of aryl methyl sites for hydroxylation is 1. The van der Waals surface area contributed by atoms with Crippen LogP contribution in [0.5, 0.6) is 11.6 Å². The molecule has 0 radical (unpaired) electrons. The summed E-state index contributed by atoms with van der Waals surface area (Å²) in [6.07, 6.45) is 5.81. The van der Waals surface area contributed by atoms with Gasteiger partial charge in [-0.3, -0.25) is 4.68 Å². The molecule has 0 aliphatic heterocycles. The maximum atomic E-state index is 14.2. The smallest absolute Gasteiger partial charge is 0.256 e. The molecule has 0 aliphatic rings. The van der Waals surface area contributed by atoms with Crippen molar-refractivity contribution in [2.75, 3.05) is 6.54 Å². The van der Waals surface area contributed by atoms with E-state index in [-0.39, 0.29) is 5.88 Å². The number of pyridine rings is 1. The highest BCUT2D eigenvalue weighted by Gasteiger charge is 2.12. The molecule has 0 aromatic carbocycles. The van der Waals surface area contributed by atoms with Crippen molar-refractivity contribution in [2.24, 2.45) is 0 Å². The van der Waals surface area contributed by atoms with E-state index in [1.165, 1.54) is 0 Å². The Morgan fingerprint density at radius 3 is 2.95 bits per heavy atom. The third-order valence-corrected chi connectivity index (χ3v) is 2.83. The second-order valence-electron chi connectivity index (χ2n) is 4.40. The van der Waals surface area contributed by atoms with Crippen molar-refractivity contribution in [1.82, 2.24) is 20.1 Å². The number of hydrogen-bond acceptors (Lipinski definition) is 4. The van der Waals surface area contributed by atoms with Crippen LogP contribution >= 0.6 is 0 Å². The third-order valence-electron chi connectivity index (χ3n) is 2.83. The maximum Gasteiger partial charge on any atom is 0.256 e. The SMILES string of the molecule is CCCNCc1ccnc(Oc2cnn(CC)c2)c1F. The summed E-state index contributed by atoms with van der Waals surface area (Å²) >= 11 is 0. The van der Waals surface area contributed by atoms with Crippen molar-refractivity contribution in [3.05, 3.63) is 36.0 Å². The molecule has 0 saturated heterocycles. The van der Waals surface area contributed by atoms with Crippen LogP contribution in [-0.2, 0) is 13.1 Å². The quantitative estimate of drug-likeness (QED) is 0.791. The average Bonchev–Trinajstić information content (AvgIpc) is 2.91. The molecule has 0 aliphatic carbocycles. The fourth-order valence-corrected chi connectivity index (χ4v) is 1.75. The Bertz CT molecular complexity index is 556. The molecule has 2 aromatic heterocycles. The van der Waals surface area contributed by atoms with E-state index in [0.29, 0.717) is 17.9 Å². The summed E-state index contributed by atoms with van der Waals surface area (Å²) in [5, 5.41) is 7.23. The van der Waals surface area contributed by atoms with Gasteiger partial charge in [0, 0.05) is 24.8 Å². The van der Waals surface area contributed by atoms with Gasteiger partial charge in [-0.05, 0) is 26.0 Å². The number of rotatable bonds is 7. The summed E-state index contributed by atoms with van der Waals surface area (Å²) in [7, 11) is 0. The van der Waals surface area contributed by atoms with Gasteiger partial charge in [0.25, 0.3) is 5.88 Å². The van der Waals surface area contributed by atoms with E-state index in [2.05, 4.69) is 22.3 Å². The van der Waals surface area contributed by atoms with E-state index in [1.54, 1.807) is 29.3 Å². The van der Waals surface area contributed by atoms with Crippen molar-refractivity contribution in [1.29, 1.82) is 0 Å². The third kappa shape index (κ3) is 3.54. The van der Waals surface area contributed by atoms with Crippen molar-refractivity contribution in [3.63, 3.8) is 0 Å². The minimum atomic E-state index is -0.430. The maximum absolute atomic E-state index is 14.2. The summed E-state index contributed by atoms with van der Waals surface area (Å²) in [4.78, 5) is 3.94. The molecule has 20 heavy (non-hydrogen) atoms. The summed E-state index contributed by atoms with van der Waals surface area (Å²) in [5.74, 6) is 0.0359. The van der Waals surface area contributed by atoms with Crippen LogP contribution in [0.3, 0.4) is 0 Å². The summed E-state index contributed by atoms with van der Waals surface area (Å²) < 4.78 is 21.4. The lowest BCUT2D eigenvalue weighted by molar-refractivity contribution is 0.416. The minimum absolute atomic E-state index is 0.0172. The lowest BCUT2D eigenvalue weighted by Crippen LogP contribution is -2.15. The summed E-state index contributed by atoms with van der Waals surface area (Å²) in [6, 6.07) is 1.65. The fraction of sp³-hybridized carbons (Fsp3) is 0.429. The molecule has 2 heterocycles. The van der Waals surface area contributed by atoms with E-state index in [4.69, 9.17) is 4.74 Å². The number of halogens is 1. The Morgan fingerprint density at radius 1 is 1.40 bits per heavy atom. The van der Waals surface area contributed by atoms with Crippen LogP contribution < -0.4 is 10.1 Å². The predicted octanol–water partition coefficient (Wildman–Crippen LogP) is 2.73. The standard InChI is InChI=1S/C14H19FN4O/c1-3-6-16-8-11-5-7-17-14(13(11)15)20-12-9-18-19(4-2)10-12/h5,7,9-10,16H,3-4,6,8H2,1-2H3. The topological polar surface area (TPSA) is 52.0 Å². The molecule has 2 aromatic rings. The highest BCUT2D eigenvalue weighted by atomic mass is 19.1. The average molecular weight is 278 g/mol. The zero-order valence-corrected chi connectivity index (χ0v) is 11.8. The molecule has 0 atom stereocenters. The fourth-order valence-electron chi connectivity index (χ4n) is 1.75. The molecule has 0 bridgehead atoms. The van der Waals surface area contributed by atoms with E-state index >= 15 is 0 Å². The van der Waals surface area contributed by atoms with Crippen LogP contribution in [0.4, 0.5) is 4.39 Å². The highest BCUT2D eigenvalue weighted by molar-refractivity contribution is 5.28. The minimum Gasteiger partial charge on any atom is -0.433 e. The van der Waals surface area contributed by atoms with Gasteiger partial charge in [-0.2, -0.15) is 5.10 Å². The molecular formula is C14H19FN4O. The van der Waals surface area contributed by atoms with Crippen LogP contribution in [0, 0.1) is 5.82 Å². The lowest BCUT2D eigenvalue weighted by atomic mass is 10.2. The van der Waals surface area contributed by atoms with Crippen molar-refractivity contribution in [3.8, 4) is 11.6 Å². The molecule has 1 N–H and O–H groups in total. The van der Waals surface area contributed by atoms with Crippen LogP contribution in [0.25, 0.3) is 0 Å². The van der Waals surface area contributed by atoms with E-state index in [9.17, 15) is 4.39 Å². The molecule has 0 fully saturated rings. The van der Waals surface area contributed by atoms with Gasteiger partial charge in [0.1, 0.15) is 0 Å². The number of hydrogen-bond donors (Lipinski definition) is 1. The molecule has 0 unspecified atom stereocenters. The zero-order valence-electron chi connectivity index (χ0n) is 11.8. The number of nitrogens with one attached hydrogen (secondary N) is 1. The van der Waals surface area contributed by atoms with Gasteiger partial charge in [0.2, 0.25) is 0 Å². The number of nitrogens with zero attached hydrogens (tertiary/aromatic N) is 3. The van der Waals surface area contributed by atoms with Crippen molar-refractivity contribution in [2.45, 2.75) is 33.4 Å². The Hall–Kier alpha value is -1.95. The van der Waals surface area contributed by atoms with Crippen LogP contribution in [0.1, 0.15) is 25.8 Å². The summed E-state index contributed by atoms with van der Waals surface area (Å²) in [6.45, 7) is 6.08. The van der Waals surface area contributed by atoms with Crippen LogP contribution in [-0.4, -0.2) is 21.3 Å². The van der Waals surface area contributed by atoms with Gasteiger partial charge >= 0.3 is 0 Å². The normalized spacial score (nSPS) is 10.8. The van der Waals surface area contributed by atoms with Crippen LogP contribution in [0.2, 0.25) is 0 Å². The van der Waals surface area contributed by atoms with Gasteiger partial charge in [-0.15, -0.1) is 0 Å². The van der Waals surface area contributed by atoms with Gasteiger partial charge in [-0.25, -0.2) is 9.37 Å². The lowest BCUT2D eigenvalue weighted by Gasteiger charge is -2.08. The van der Waals surface area contributed by atoms with Gasteiger partial charge < -0.3 is 10.1 Å². The van der Waals surface area contributed by atoms with Gasteiger partial charge in [-0.1, -0.05) is 6.92 Å². The number of aromatic nitrogens is 3. The highest BCUT2D eigenvalue weighted by Crippen LogP contribution is 2.23. The van der Waals surface area contributed by atoms with Crippen LogP contribution in [0.15, 0.2) is 24.7 Å². The first-order valence-electron chi connectivity index (χ1n) is 6.79. The second-order valence-corrected chi connectivity index (χ2v) is 4.40. The van der Waals surface area contributed by atoms with Gasteiger partial charge in [0.05, 0.1) is 12.4 Å². The number of ether oxygens (including phenoxy) is 1. The second kappa shape index (κ2) is 7.00. The predicted molar refractivity (Wildman–Crippen MR) is 74.2 cm³/mol. The first kappa shape index (κ1) is 14.5. The molecule has 6 heteroatoms. The Morgan fingerprint density at radius 2 is 2.25 bits per heavy atom. The molecule has 0 spiro atoms. The molecule has 0 saturated carbocycles. The first-order valence-corrected chi connectivity index (χ1v) is 6.79. The Balaban J connectivity index is 2.09. The Kier molecular flexibility index (Phi) is 5.06. The molecule has 2 rings (SSSR count). The van der Waals surface area contributed by atoms with Crippen molar-refractivity contribution < 1.29 is 9.13 Å². The molecular weight excluding hydrogens is 259 g/mol. The van der Waals surface area contributed by atoms with E-state index < -0.39 is 5.82 Å². The monoisotopic (exact) mass is 278 g/mol. The zero-order chi connectivity index (χ0) is 14.4. The first-order chi connectivity index (χ1) is 9.74.